The molecule has 0 spiro atoms. The molecule has 4 nitrogen and oxygen atoms in total. The first-order chi connectivity index (χ1) is 9.02. The third-order valence-corrected chi connectivity index (χ3v) is 3.68. The smallest absolute Gasteiger partial charge is 0.261 e. The van der Waals surface area contributed by atoms with Crippen LogP contribution in [0.15, 0.2) is 24.3 Å². The van der Waals surface area contributed by atoms with Gasteiger partial charge in [0.2, 0.25) is 0 Å². The molecule has 0 saturated carbocycles. The van der Waals surface area contributed by atoms with Crippen molar-refractivity contribution in [1.82, 2.24) is 10.2 Å². The standard InChI is InChI=1S/C15H20N2O2/c1-10(2)11(3)16-8-9-17-14(18)12-6-4-5-7-13(12)15(17)19/h4-7,10-11,16H,8-9H2,1-3H3. The Morgan fingerprint density at radius 1 is 1.05 bits per heavy atom. The lowest BCUT2D eigenvalue weighted by Gasteiger charge is -2.20. The summed E-state index contributed by atoms with van der Waals surface area (Å²) in [5, 5.41) is 3.33. The summed E-state index contributed by atoms with van der Waals surface area (Å²) in [5.74, 6) is 0.168. The highest BCUT2D eigenvalue weighted by Crippen LogP contribution is 2.21. The van der Waals surface area contributed by atoms with Gasteiger partial charge in [0, 0.05) is 19.1 Å². The van der Waals surface area contributed by atoms with Crippen LogP contribution in [-0.2, 0) is 0 Å². The van der Waals surface area contributed by atoms with Crippen LogP contribution in [0.2, 0.25) is 0 Å². The van der Waals surface area contributed by atoms with E-state index in [1.54, 1.807) is 24.3 Å². The van der Waals surface area contributed by atoms with Crippen LogP contribution in [0.4, 0.5) is 0 Å². The molecule has 2 amide bonds. The van der Waals surface area contributed by atoms with Gasteiger partial charge in [0.25, 0.3) is 11.8 Å². The number of benzene rings is 1. The van der Waals surface area contributed by atoms with Crippen LogP contribution in [0.3, 0.4) is 0 Å². The van der Waals surface area contributed by atoms with Crippen LogP contribution in [0.5, 0.6) is 0 Å². The van der Waals surface area contributed by atoms with Gasteiger partial charge in [0.1, 0.15) is 0 Å². The molecule has 19 heavy (non-hydrogen) atoms. The van der Waals surface area contributed by atoms with Crippen LogP contribution in [0.25, 0.3) is 0 Å². The SMILES string of the molecule is CC(C)C(C)NCCN1C(=O)c2ccccc2C1=O. The maximum atomic E-state index is 12.1. The molecule has 0 aliphatic carbocycles. The van der Waals surface area contributed by atoms with E-state index in [0.29, 0.717) is 36.2 Å². The van der Waals surface area contributed by atoms with Crippen molar-refractivity contribution < 1.29 is 9.59 Å². The van der Waals surface area contributed by atoms with Gasteiger partial charge in [-0.05, 0) is 25.0 Å². The molecular formula is C15H20N2O2. The van der Waals surface area contributed by atoms with Gasteiger partial charge >= 0.3 is 0 Å². The number of nitrogens with zero attached hydrogens (tertiary/aromatic N) is 1. The first kappa shape index (κ1) is 13.7. The van der Waals surface area contributed by atoms with Gasteiger partial charge in [0.15, 0.2) is 0 Å². The Hall–Kier alpha value is -1.68. The third-order valence-electron chi connectivity index (χ3n) is 3.68. The Balaban J connectivity index is 1.97. The predicted molar refractivity (Wildman–Crippen MR) is 74.1 cm³/mol. The topological polar surface area (TPSA) is 49.4 Å². The molecule has 0 bridgehead atoms. The summed E-state index contributed by atoms with van der Waals surface area (Å²) in [5.41, 5.74) is 1.04. The summed E-state index contributed by atoms with van der Waals surface area (Å²) in [7, 11) is 0. The van der Waals surface area contributed by atoms with E-state index in [9.17, 15) is 9.59 Å². The molecule has 1 aromatic carbocycles. The second kappa shape index (κ2) is 5.53. The second-order valence-corrected chi connectivity index (χ2v) is 5.29. The average molecular weight is 260 g/mol. The average Bonchev–Trinajstić information content (AvgIpc) is 2.64. The first-order valence-electron chi connectivity index (χ1n) is 6.71. The highest BCUT2D eigenvalue weighted by molar-refractivity contribution is 6.21. The van der Waals surface area contributed by atoms with Gasteiger partial charge < -0.3 is 5.32 Å². The Kier molecular flexibility index (Phi) is 4.00. The van der Waals surface area contributed by atoms with Gasteiger partial charge in [-0.25, -0.2) is 0 Å². The minimum Gasteiger partial charge on any atom is -0.312 e. The molecule has 1 aromatic rings. The van der Waals surface area contributed by atoms with E-state index in [4.69, 9.17) is 0 Å². The Morgan fingerprint density at radius 2 is 1.58 bits per heavy atom. The molecule has 2 rings (SSSR count). The minimum absolute atomic E-state index is 0.181. The number of carbonyl (C=O) groups is 2. The van der Waals surface area contributed by atoms with Crippen molar-refractivity contribution in [2.75, 3.05) is 13.1 Å². The lowest BCUT2D eigenvalue weighted by Crippen LogP contribution is -2.40. The Labute approximate surface area is 113 Å². The molecule has 0 fully saturated rings. The molecule has 1 aliphatic heterocycles. The van der Waals surface area contributed by atoms with Crippen molar-refractivity contribution in [3.63, 3.8) is 0 Å². The fraction of sp³-hybridized carbons (Fsp3) is 0.467. The number of amides is 2. The van der Waals surface area contributed by atoms with Crippen molar-refractivity contribution in [3.8, 4) is 0 Å². The summed E-state index contributed by atoms with van der Waals surface area (Å²) in [6, 6.07) is 7.36. The zero-order valence-electron chi connectivity index (χ0n) is 11.6. The molecule has 1 unspecified atom stereocenters. The van der Waals surface area contributed by atoms with Gasteiger partial charge in [-0.2, -0.15) is 0 Å². The number of rotatable bonds is 5. The number of hydrogen-bond acceptors (Lipinski definition) is 3. The fourth-order valence-corrected chi connectivity index (χ4v) is 2.08. The molecule has 1 N–H and O–H groups in total. The zero-order chi connectivity index (χ0) is 14.0. The number of nitrogens with one attached hydrogen (secondary N) is 1. The minimum atomic E-state index is -0.181. The molecule has 1 aliphatic rings. The monoisotopic (exact) mass is 260 g/mol. The Morgan fingerprint density at radius 3 is 2.05 bits per heavy atom. The summed E-state index contributed by atoms with van der Waals surface area (Å²) < 4.78 is 0. The van der Waals surface area contributed by atoms with E-state index in [0.717, 1.165) is 0 Å². The van der Waals surface area contributed by atoms with Gasteiger partial charge in [-0.3, -0.25) is 14.5 Å². The number of carbonyl (C=O) groups excluding carboxylic acids is 2. The number of hydrogen-bond donors (Lipinski definition) is 1. The maximum absolute atomic E-state index is 12.1. The van der Waals surface area contributed by atoms with Crippen LogP contribution in [0, 0.1) is 5.92 Å². The first-order valence-corrected chi connectivity index (χ1v) is 6.71. The Bertz CT molecular complexity index is 462. The molecule has 0 radical (unpaired) electrons. The van der Waals surface area contributed by atoms with E-state index in [-0.39, 0.29) is 11.8 Å². The predicted octanol–water partition coefficient (Wildman–Crippen LogP) is 1.92. The van der Waals surface area contributed by atoms with Crippen LogP contribution >= 0.6 is 0 Å². The third kappa shape index (κ3) is 2.68. The molecule has 1 atom stereocenters. The molecule has 0 saturated heterocycles. The normalized spacial score (nSPS) is 16.1. The number of imide groups is 1. The summed E-state index contributed by atoms with van der Waals surface area (Å²) in [4.78, 5) is 25.5. The van der Waals surface area contributed by atoms with E-state index in [1.807, 2.05) is 0 Å². The van der Waals surface area contributed by atoms with Crippen LogP contribution in [-0.4, -0.2) is 35.8 Å². The van der Waals surface area contributed by atoms with Crippen molar-refractivity contribution in [3.05, 3.63) is 35.4 Å². The fourth-order valence-electron chi connectivity index (χ4n) is 2.08. The van der Waals surface area contributed by atoms with Gasteiger partial charge in [-0.1, -0.05) is 26.0 Å². The lowest BCUT2D eigenvalue weighted by atomic mass is 10.1. The van der Waals surface area contributed by atoms with Crippen LogP contribution < -0.4 is 5.32 Å². The molecule has 0 aromatic heterocycles. The van der Waals surface area contributed by atoms with Gasteiger partial charge in [-0.15, -0.1) is 0 Å². The molecule has 102 valence electrons. The second-order valence-electron chi connectivity index (χ2n) is 5.29. The summed E-state index contributed by atoms with van der Waals surface area (Å²) in [6.07, 6.45) is 0. The largest absolute Gasteiger partial charge is 0.312 e. The number of fused-ring (bicyclic) bond motifs is 1. The lowest BCUT2D eigenvalue weighted by molar-refractivity contribution is 0.0654. The highest BCUT2D eigenvalue weighted by atomic mass is 16.2. The van der Waals surface area contributed by atoms with Crippen molar-refractivity contribution >= 4 is 11.8 Å². The van der Waals surface area contributed by atoms with E-state index in [2.05, 4.69) is 26.1 Å². The van der Waals surface area contributed by atoms with Crippen LogP contribution in [0.1, 0.15) is 41.5 Å². The van der Waals surface area contributed by atoms with Gasteiger partial charge in [0.05, 0.1) is 11.1 Å². The molecular weight excluding hydrogens is 240 g/mol. The van der Waals surface area contributed by atoms with Crippen molar-refractivity contribution in [1.29, 1.82) is 0 Å². The van der Waals surface area contributed by atoms with E-state index in [1.165, 1.54) is 4.90 Å². The van der Waals surface area contributed by atoms with E-state index >= 15 is 0 Å². The maximum Gasteiger partial charge on any atom is 0.261 e. The van der Waals surface area contributed by atoms with Crippen molar-refractivity contribution in [2.24, 2.45) is 5.92 Å². The highest BCUT2D eigenvalue weighted by Gasteiger charge is 2.34. The summed E-state index contributed by atoms with van der Waals surface area (Å²) >= 11 is 0. The van der Waals surface area contributed by atoms with E-state index < -0.39 is 0 Å². The molecule has 4 heteroatoms. The molecule has 1 heterocycles. The summed E-state index contributed by atoms with van der Waals surface area (Å²) in [6.45, 7) is 7.43. The zero-order valence-corrected chi connectivity index (χ0v) is 11.6. The van der Waals surface area contributed by atoms with Crippen molar-refractivity contribution in [2.45, 2.75) is 26.8 Å². The quantitative estimate of drug-likeness (QED) is 0.823.